The minimum atomic E-state index is 0.647. The fourth-order valence-electron chi connectivity index (χ4n) is 3.56. The number of hydrogen-bond donors (Lipinski definition) is 0. The van der Waals surface area contributed by atoms with Gasteiger partial charge in [0.15, 0.2) is 11.3 Å². The lowest BCUT2D eigenvalue weighted by molar-refractivity contribution is 1.06. The summed E-state index contributed by atoms with van der Waals surface area (Å²) in [6.07, 6.45) is 0. The molecule has 28 heavy (non-hydrogen) atoms. The first-order valence-corrected chi connectivity index (χ1v) is 9.88. The first-order chi connectivity index (χ1) is 13.6. The predicted octanol–water partition coefficient (Wildman–Crippen LogP) is 6.02. The Bertz CT molecular complexity index is 1350. The smallest absolute Gasteiger partial charge is 0.199 e. The summed E-state index contributed by atoms with van der Waals surface area (Å²) in [6.45, 7) is 4.22. The molecule has 4 nitrogen and oxygen atoms in total. The summed E-state index contributed by atoms with van der Waals surface area (Å²) in [4.78, 5) is 14.6. The fraction of sp³-hybridized carbons (Fsp3) is 0.0870. The number of rotatable bonds is 2. The van der Waals surface area contributed by atoms with Crippen LogP contribution in [0.1, 0.15) is 11.1 Å². The summed E-state index contributed by atoms with van der Waals surface area (Å²) in [5.74, 6) is 0.832. The van der Waals surface area contributed by atoms with Crippen LogP contribution in [0.25, 0.3) is 39.4 Å². The van der Waals surface area contributed by atoms with Crippen LogP contribution in [0.4, 0.5) is 0 Å². The topological polar surface area (TPSA) is 43.6 Å². The van der Waals surface area contributed by atoms with Gasteiger partial charge in [-0.1, -0.05) is 57.9 Å². The van der Waals surface area contributed by atoms with Gasteiger partial charge in [-0.25, -0.2) is 15.0 Å². The molecule has 5 heteroatoms. The minimum Gasteiger partial charge on any atom is -0.275 e. The van der Waals surface area contributed by atoms with E-state index in [0.717, 1.165) is 38.2 Å². The van der Waals surface area contributed by atoms with E-state index in [1.807, 2.05) is 36.4 Å². The van der Waals surface area contributed by atoms with Crippen LogP contribution in [-0.2, 0) is 0 Å². The number of halogens is 1. The number of nitrogens with zero attached hydrogens (tertiary/aromatic N) is 4. The van der Waals surface area contributed by atoms with Crippen molar-refractivity contribution in [2.45, 2.75) is 13.8 Å². The molecule has 2 aromatic heterocycles. The number of fused-ring (bicyclic) bond motifs is 2. The molecule has 0 aliphatic rings. The molecule has 3 aromatic carbocycles. The van der Waals surface area contributed by atoms with Crippen LogP contribution >= 0.6 is 15.9 Å². The Kier molecular flexibility index (Phi) is 3.98. The fourth-order valence-corrected chi connectivity index (χ4v) is 3.96. The quantitative estimate of drug-likeness (QED) is 0.345. The summed E-state index contributed by atoms with van der Waals surface area (Å²) in [7, 11) is 0. The van der Waals surface area contributed by atoms with Crippen molar-refractivity contribution in [3.8, 4) is 17.1 Å². The molecule has 2 heterocycles. The zero-order valence-electron chi connectivity index (χ0n) is 15.5. The number of aryl methyl sites for hydroxylation is 2. The van der Waals surface area contributed by atoms with E-state index in [-0.39, 0.29) is 0 Å². The average molecular weight is 429 g/mol. The Morgan fingerprint density at radius 3 is 2.32 bits per heavy atom. The Balaban J connectivity index is 1.91. The van der Waals surface area contributed by atoms with E-state index >= 15 is 0 Å². The molecule has 0 bridgehead atoms. The van der Waals surface area contributed by atoms with E-state index in [1.165, 1.54) is 11.1 Å². The second-order valence-corrected chi connectivity index (χ2v) is 7.85. The molecular formula is C23H17BrN4. The van der Waals surface area contributed by atoms with Crippen molar-refractivity contribution in [2.24, 2.45) is 0 Å². The normalized spacial score (nSPS) is 11.4. The second kappa shape index (κ2) is 6.53. The third-order valence-electron chi connectivity index (χ3n) is 4.85. The lowest BCUT2D eigenvalue weighted by Gasteiger charge is -2.12. The molecule has 0 saturated heterocycles. The minimum absolute atomic E-state index is 0.647. The third-order valence-corrected chi connectivity index (χ3v) is 5.34. The SMILES string of the molecule is Cc1ccc(-n2c(-c3cccc(Br)c3)nc3nc4ccccc4nc32)c(C)c1. The van der Waals surface area contributed by atoms with Crippen LogP contribution in [0, 0.1) is 13.8 Å². The highest BCUT2D eigenvalue weighted by atomic mass is 79.9. The number of para-hydroxylation sites is 2. The van der Waals surface area contributed by atoms with Gasteiger partial charge in [-0.05, 0) is 49.7 Å². The zero-order valence-corrected chi connectivity index (χ0v) is 17.1. The van der Waals surface area contributed by atoms with E-state index in [1.54, 1.807) is 0 Å². The van der Waals surface area contributed by atoms with Gasteiger partial charge in [-0.3, -0.25) is 4.57 Å². The maximum absolute atomic E-state index is 4.91. The Morgan fingerprint density at radius 2 is 1.57 bits per heavy atom. The van der Waals surface area contributed by atoms with Crippen molar-refractivity contribution >= 4 is 38.3 Å². The summed E-state index contributed by atoms with van der Waals surface area (Å²) < 4.78 is 3.13. The lowest BCUT2D eigenvalue weighted by atomic mass is 10.1. The molecular weight excluding hydrogens is 412 g/mol. The highest BCUT2D eigenvalue weighted by Crippen LogP contribution is 2.31. The molecule has 0 aliphatic carbocycles. The van der Waals surface area contributed by atoms with Gasteiger partial charge in [0.05, 0.1) is 16.7 Å². The maximum atomic E-state index is 4.91. The first kappa shape index (κ1) is 17.1. The third kappa shape index (κ3) is 2.79. The van der Waals surface area contributed by atoms with Gasteiger partial charge in [0.25, 0.3) is 0 Å². The highest BCUT2D eigenvalue weighted by molar-refractivity contribution is 9.10. The van der Waals surface area contributed by atoms with Crippen LogP contribution in [-0.4, -0.2) is 19.5 Å². The number of hydrogen-bond acceptors (Lipinski definition) is 3. The average Bonchev–Trinajstić information content (AvgIpc) is 3.04. The standard InChI is InChI=1S/C23H17BrN4/c1-14-10-11-20(15(2)12-14)28-22(16-6-5-7-17(24)13-16)27-21-23(28)26-19-9-4-3-8-18(19)25-21/h3-13H,1-2H3. The molecule has 0 atom stereocenters. The largest absolute Gasteiger partial charge is 0.275 e. The van der Waals surface area contributed by atoms with Gasteiger partial charge in [0.1, 0.15) is 5.82 Å². The monoisotopic (exact) mass is 428 g/mol. The maximum Gasteiger partial charge on any atom is 0.199 e. The molecule has 5 aromatic rings. The summed E-state index contributed by atoms with van der Waals surface area (Å²) >= 11 is 3.58. The Hall–Kier alpha value is -3.05. The van der Waals surface area contributed by atoms with Gasteiger partial charge in [-0.15, -0.1) is 0 Å². The van der Waals surface area contributed by atoms with E-state index in [4.69, 9.17) is 15.0 Å². The van der Waals surface area contributed by atoms with Crippen molar-refractivity contribution in [1.82, 2.24) is 19.5 Å². The lowest BCUT2D eigenvalue weighted by Crippen LogP contribution is -2.02. The second-order valence-electron chi connectivity index (χ2n) is 6.93. The van der Waals surface area contributed by atoms with Gasteiger partial charge in [0, 0.05) is 10.0 Å². The van der Waals surface area contributed by atoms with E-state index in [2.05, 4.69) is 64.7 Å². The molecule has 5 rings (SSSR count). The van der Waals surface area contributed by atoms with Crippen molar-refractivity contribution in [3.63, 3.8) is 0 Å². The van der Waals surface area contributed by atoms with E-state index < -0.39 is 0 Å². The summed E-state index contributed by atoms with van der Waals surface area (Å²) in [5.41, 5.74) is 7.60. The molecule has 0 spiro atoms. The summed E-state index contributed by atoms with van der Waals surface area (Å²) in [5, 5.41) is 0. The Labute approximate surface area is 171 Å². The molecule has 0 radical (unpaired) electrons. The van der Waals surface area contributed by atoms with Crippen molar-refractivity contribution < 1.29 is 0 Å². The first-order valence-electron chi connectivity index (χ1n) is 9.09. The van der Waals surface area contributed by atoms with Gasteiger partial charge in [-0.2, -0.15) is 0 Å². The van der Waals surface area contributed by atoms with Crippen LogP contribution in [0.15, 0.2) is 71.2 Å². The van der Waals surface area contributed by atoms with Gasteiger partial charge < -0.3 is 0 Å². The molecule has 0 N–H and O–H groups in total. The molecule has 0 unspecified atom stereocenters. The summed E-state index contributed by atoms with van der Waals surface area (Å²) in [6, 6.07) is 22.5. The van der Waals surface area contributed by atoms with Crippen LogP contribution in [0.2, 0.25) is 0 Å². The van der Waals surface area contributed by atoms with Crippen LogP contribution in [0.3, 0.4) is 0 Å². The van der Waals surface area contributed by atoms with E-state index in [0.29, 0.717) is 5.65 Å². The van der Waals surface area contributed by atoms with Gasteiger partial charge >= 0.3 is 0 Å². The number of aromatic nitrogens is 4. The van der Waals surface area contributed by atoms with Gasteiger partial charge in [0.2, 0.25) is 0 Å². The number of benzene rings is 3. The number of imidazole rings is 1. The Morgan fingerprint density at radius 1 is 0.786 bits per heavy atom. The zero-order chi connectivity index (χ0) is 19.3. The van der Waals surface area contributed by atoms with Crippen molar-refractivity contribution in [3.05, 3.63) is 82.3 Å². The van der Waals surface area contributed by atoms with E-state index in [9.17, 15) is 0 Å². The molecule has 136 valence electrons. The van der Waals surface area contributed by atoms with Crippen LogP contribution in [0.5, 0.6) is 0 Å². The van der Waals surface area contributed by atoms with Crippen molar-refractivity contribution in [2.75, 3.05) is 0 Å². The molecule has 0 aliphatic heterocycles. The molecule has 0 saturated carbocycles. The van der Waals surface area contributed by atoms with Crippen LogP contribution < -0.4 is 0 Å². The predicted molar refractivity (Wildman–Crippen MR) is 117 cm³/mol. The van der Waals surface area contributed by atoms with Crippen molar-refractivity contribution in [1.29, 1.82) is 0 Å². The highest BCUT2D eigenvalue weighted by Gasteiger charge is 2.18. The molecule has 0 amide bonds. The molecule has 0 fully saturated rings.